The highest BCUT2D eigenvalue weighted by molar-refractivity contribution is 5.84. The molecule has 0 unspecified atom stereocenters. The Labute approximate surface area is 172 Å². The van der Waals surface area contributed by atoms with E-state index >= 15 is 0 Å². The Kier molecular flexibility index (Phi) is 4.86. The molecule has 6 nitrogen and oxygen atoms in total. The molecule has 30 heavy (non-hydrogen) atoms. The predicted molar refractivity (Wildman–Crippen MR) is 109 cm³/mol. The van der Waals surface area contributed by atoms with Crippen molar-refractivity contribution in [2.24, 2.45) is 5.92 Å². The van der Waals surface area contributed by atoms with Crippen LogP contribution < -0.4 is 0 Å². The number of aromatic nitrogens is 5. The van der Waals surface area contributed by atoms with Crippen LogP contribution in [0.2, 0.25) is 0 Å². The van der Waals surface area contributed by atoms with E-state index in [9.17, 15) is 8.78 Å². The maximum atomic E-state index is 13.4. The van der Waals surface area contributed by atoms with Crippen molar-refractivity contribution in [3.8, 4) is 0 Å². The summed E-state index contributed by atoms with van der Waals surface area (Å²) in [4.78, 5) is 15.0. The summed E-state index contributed by atoms with van der Waals surface area (Å²) in [5, 5.41) is 6.57. The number of fused-ring (bicyclic) bond motifs is 2. The summed E-state index contributed by atoms with van der Waals surface area (Å²) < 4.78 is 28.4. The minimum Gasteiger partial charge on any atom is -0.297 e. The van der Waals surface area contributed by atoms with Gasteiger partial charge in [-0.05, 0) is 36.4 Å². The first-order valence-corrected chi connectivity index (χ1v) is 10.1. The fourth-order valence-electron chi connectivity index (χ4n) is 4.42. The molecule has 1 aliphatic heterocycles. The second kappa shape index (κ2) is 7.68. The van der Waals surface area contributed by atoms with Gasteiger partial charge in [-0.15, -0.1) is 0 Å². The molecule has 1 fully saturated rings. The molecule has 0 spiro atoms. The first-order chi connectivity index (χ1) is 14.6. The molecule has 4 aromatic rings. The second-order valence-electron chi connectivity index (χ2n) is 7.96. The topological polar surface area (TPSA) is 59.2 Å². The lowest BCUT2D eigenvalue weighted by molar-refractivity contribution is 0.143. The average Bonchev–Trinajstić information content (AvgIpc) is 3.23. The number of likely N-dealkylation sites (tertiary alicyclic amines) is 1. The summed E-state index contributed by atoms with van der Waals surface area (Å²) in [6, 6.07) is 11.7. The normalized spacial score (nSPS) is 20.4. The number of hydrogen-bond acceptors (Lipinski definition) is 5. The fourth-order valence-corrected chi connectivity index (χ4v) is 4.42. The monoisotopic (exact) mass is 408 g/mol. The van der Waals surface area contributed by atoms with Gasteiger partial charge < -0.3 is 0 Å². The Morgan fingerprint density at radius 2 is 2.03 bits per heavy atom. The van der Waals surface area contributed by atoms with Gasteiger partial charge in [-0.3, -0.25) is 9.88 Å². The van der Waals surface area contributed by atoms with Crippen molar-refractivity contribution in [3.63, 3.8) is 0 Å². The van der Waals surface area contributed by atoms with Crippen LogP contribution in [-0.4, -0.2) is 42.6 Å². The van der Waals surface area contributed by atoms with Crippen molar-refractivity contribution in [3.05, 3.63) is 66.0 Å². The van der Waals surface area contributed by atoms with Gasteiger partial charge in [0.2, 0.25) is 0 Å². The Hall–Kier alpha value is -3.00. The number of pyridine rings is 1. The van der Waals surface area contributed by atoms with Crippen molar-refractivity contribution in [1.82, 2.24) is 29.5 Å². The second-order valence-corrected chi connectivity index (χ2v) is 7.96. The highest BCUT2D eigenvalue weighted by Gasteiger charge is 2.31. The highest BCUT2D eigenvalue weighted by Crippen LogP contribution is 2.34. The molecule has 0 amide bonds. The average molecular weight is 408 g/mol. The van der Waals surface area contributed by atoms with Gasteiger partial charge in [-0.1, -0.05) is 31.2 Å². The molecule has 8 heteroatoms. The molecule has 1 saturated heterocycles. The third kappa shape index (κ3) is 3.41. The maximum Gasteiger partial charge on any atom is 0.280 e. The summed E-state index contributed by atoms with van der Waals surface area (Å²) in [5.74, 6) is 0.614. The van der Waals surface area contributed by atoms with Gasteiger partial charge >= 0.3 is 0 Å². The zero-order valence-electron chi connectivity index (χ0n) is 16.6. The Morgan fingerprint density at radius 3 is 2.90 bits per heavy atom. The standard InChI is InChI=1S/C22H22F2N6/c1-14-7-9-29(12-19-16-5-3-2-4-15(16)6-8-25-19)11-17(14)20-10-18(21(23)24)28-22-26-13-27-30(20)22/h2-6,8,10,13-14,17,21H,7,9,11-12H2,1H3/t14-,17-/m1/s1. The number of rotatable bonds is 4. The summed E-state index contributed by atoms with van der Waals surface area (Å²) >= 11 is 0. The molecule has 4 heterocycles. The van der Waals surface area contributed by atoms with Crippen LogP contribution >= 0.6 is 0 Å². The van der Waals surface area contributed by atoms with Crippen LogP contribution in [0.4, 0.5) is 8.78 Å². The summed E-state index contributed by atoms with van der Waals surface area (Å²) in [6.07, 6.45) is 1.54. The maximum absolute atomic E-state index is 13.4. The zero-order valence-corrected chi connectivity index (χ0v) is 16.6. The number of hydrogen-bond donors (Lipinski definition) is 0. The zero-order chi connectivity index (χ0) is 20.7. The van der Waals surface area contributed by atoms with Crippen LogP contribution in [0.5, 0.6) is 0 Å². The van der Waals surface area contributed by atoms with E-state index in [4.69, 9.17) is 0 Å². The van der Waals surface area contributed by atoms with Crippen molar-refractivity contribution < 1.29 is 8.78 Å². The molecule has 154 valence electrons. The van der Waals surface area contributed by atoms with E-state index < -0.39 is 6.43 Å². The number of alkyl halides is 2. The van der Waals surface area contributed by atoms with Crippen LogP contribution in [0.15, 0.2) is 48.9 Å². The van der Waals surface area contributed by atoms with Crippen molar-refractivity contribution in [1.29, 1.82) is 0 Å². The SMILES string of the molecule is C[C@@H]1CCN(Cc2nccc3ccccc23)C[C@H]1c1cc(C(F)F)nc2ncnn12. The van der Waals surface area contributed by atoms with Gasteiger partial charge in [-0.25, -0.2) is 18.3 Å². The van der Waals surface area contributed by atoms with E-state index in [1.165, 1.54) is 17.8 Å². The predicted octanol–water partition coefficient (Wildman–Crippen LogP) is 4.24. The summed E-state index contributed by atoms with van der Waals surface area (Å²) in [6.45, 7) is 4.57. The molecule has 5 rings (SSSR count). The molecular formula is C22H22F2N6. The highest BCUT2D eigenvalue weighted by atomic mass is 19.3. The molecule has 0 bridgehead atoms. The minimum absolute atomic E-state index is 0.0541. The Balaban J connectivity index is 1.47. The molecule has 1 aromatic carbocycles. The van der Waals surface area contributed by atoms with Crippen molar-refractivity contribution in [2.75, 3.05) is 13.1 Å². The van der Waals surface area contributed by atoms with Gasteiger partial charge in [0.05, 0.1) is 11.4 Å². The van der Waals surface area contributed by atoms with Gasteiger partial charge in [0, 0.05) is 30.6 Å². The van der Waals surface area contributed by atoms with Gasteiger partial charge in [-0.2, -0.15) is 10.1 Å². The van der Waals surface area contributed by atoms with Crippen molar-refractivity contribution >= 4 is 16.6 Å². The van der Waals surface area contributed by atoms with Crippen LogP contribution in [0.3, 0.4) is 0 Å². The number of piperidine rings is 1. The van der Waals surface area contributed by atoms with E-state index in [1.54, 1.807) is 4.52 Å². The number of nitrogens with zero attached hydrogens (tertiary/aromatic N) is 6. The van der Waals surface area contributed by atoms with Gasteiger partial charge in [0.15, 0.2) is 0 Å². The van der Waals surface area contributed by atoms with Crippen molar-refractivity contribution in [2.45, 2.75) is 32.2 Å². The molecule has 0 N–H and O–H groups in total. The van der Waals surface area contributed by atoms with E-state index in [1.807, 2.05) is 24.4 Å². The largest absolute Gasteiger partial charge is 0.297 e. The van der Waals surface area contributed by atoms with Crippen LogP contribution in [0.25, 0.3) is 16.6 Å². The Morgan fingerprint density at radius 1 is 1.17 bits per heavy atom. The van der Waals surface area contributed by atoms with Crippen LogP contribution in [-0.2, 0) is 6.54 Å². The number of benzene rings is 1. The van der Waals surface area contributed by atoms with E-state index in [-0.39, 0.29) is 17.4 Å². The molecule has 1 aliphatic rings. The molecule has 0 saturated carbocycles. The van der Waals surface area contributed by atoms with E-state index in [0.29, 0.717) is 5.92 Å². The first-order valence-electron chi connectivity index (χ1n) is 10.1. The van der Waals surface area contributed by atoms with Crippen LogP contribution in [0.1, 0.15) is 42.8 Å². The molecular weight excluding hydrogens is 386 g/mol. The lowest BCUT2D eigenvalue weighted by Gasteiger charge is -2.37. The third-order valence-electron chi connectivity index (χ3n) is 6.07. The third-order valence-corrected chi connectivity index (χ3v) is 6.07. The first kappa shape index (κ1) is 19.0. The van der Waals surface area contributed by atoms with Gasteiger partial charge in [0.25, 0.3) is 12.2 Å². The minimum atomic E-state index is -2.64. The van der Waals surface area contributed by atoms with Gasteiger partial charge in [0.1, 0.15) is 12.0 Å². The summed E-state index contributed by atoms with van der Waals surface area (Å²) in [5.41, 5.74) is 1.54. The summed E-state index contributed by atoms with van der Waals surface area (Å²) in [7, 11) is 0. The number of halogens is 2. The smallest absolute Gasteiger partial charge is 0.280 e. The quantitative estimate of drug-likeness (QED) is 0.506. The fraction of sp³-hybridized carbons (Fsp3) is 0.364. The molecule has 3 aromatic heterocycles. The van der Waals surface area contributed by atoms with E-state index in [0.717, 1.165) is 42.8 Å². The lowest BCUT2D eigenvalue weighted by Crippen LogP contribution is -2.39. The molecule has 0 radical (unpaired) electrons. The molecule has 2 atom stereocenters. The van der Waals surface area contributed by atoms with Crippen LogP contribution in [0, 0.1) is 5.92 Å². The van der Waals surface area contributed by atoms with E-state index in [2.05, 4.69) is 44.0 Å². The molecule has 0 aliphatic carbocycles. The lowest BCUT2D eigenvalue weighted by atomic mass is 9.84. The Bertz CT molecular complexity index is 1190.